The van der Waals surface area contributed by atoms with Crippen LogP contribution in [0.3, 0.4) is 0 Å². The standard InChI is InChI=1S/C22H17ClN6OS/c23-18-8-6-17(7-9-18)21-27-28-22(29(21)19-4-2-1-3-5-19)31-15-20(30)26-25-14-16-10-12-24-13-11-16/h1-14H,15H2,(H,26,30)/b25-14+. The predicted octanol–water partition coefficient (Wildman–Crippen LogP) is 4.23. The number of carbonyl (C=O) groups is 1. The van der Waals surface area contributed by atoms with Gasteiger partial charge in [0.1, 0.15) is 0 Å². The summed E-state index contributed by atoms with van der Waals surface area (Å²) in [6.45, 7) is 0. The van der Waals surface area contributed by atoms with Gasteiger partial charge in [-0.2, -0.15) is 5.10 Å². The Labute approximate surface area is 188 Å². The van der Waals surface area contributed by atoms with E-state index in [1.165, 1.54) is 11.8 Å². The number of aromatic nitrogens is 4. The number of amides is 1. The van der Waals surface area contributed by atoms with Crippen LogP contribution < -0.4 is 5.43 Å². The topological polar surface area (TPSA) is 85.1 Å². The van der Waals surface area contributed by atoms with Crippen LogP contribution in [-0.2, 0) is 4.79 Å². The number of benzene rings is 2. The third-order valence-electron chi connectivity index (χ3n) is 4.19. The number of pyridine rings is 1. The molecule has 2 heterocycles. The molecule has 2 aromatic heterocycles. The monoisotopic (exact) mass is 448 g/mol. The number of nitrogens with one attached hydrogen (secondary N) is 1. The molecule has 0 spiro atoms. The van der Waals surface area contributed by atoms with Gasteiger partial charge in [-0.3, -0.25) is 14.3 Å². The van der Waals surface area contributed by atoms with Gasteiger partial charge in [-0.15, -0.1) is 10.2 Å². The molecule has 4 rings (SSSR count). The SMILES string of the molecule is O=C(CSc1nnc(-c2ccc(Cl)cc2)n1-c1ccccc1)N/N=C/c1ccncc1. The van der Waals surface area contributed by atoms with Crippen molar-refractivity contribution in [2.24, 2.45) is 5.10 Å². The van der Waals surface area contributed by atoms with E-state index < -0.39 is 0 Å². The number of rotatable bonds is 7. The van der Waals surface area contributed by atoms with Crippen LogP contribution in [0.25, 0.3) is 17.1 Å². The summed E-state index contributed by atoms with van der Waals surface area (Å²) in [5.41, 5.74) is 5.14. The molecular weight excluding hydrogens is 432 g/mol. The third kappa shape index (κ3) is 5.36. The van der Waals surface area contributed by atoms with Crippen LogP contribution in [0, 0.1) is 0 Å². The van der Waals surface area contributed by atoms with E-state index in [1.54, 1.807) is 30.7 Å². The average molecular weight is 449 g/mol. The zero-order valence-electron chi connectivity index (χ0n) is 16.2. The van der Waals surface area contributed by atoms with E-state index >= 15 is 0 Å². The van der Waals surface area contributed by atoms with E-state index in [9.17, 15) is 4.79 Å². The zero-order chi connectivity index (χ0) is 21.5. The highest BCUT2D eigenvalue weighted by Gasteiger charge is 2.17. The second kappa shape index (κ2) is 10.0. The van der Waals surface area contributed by atoms with Crippen LogP contribution in [0.2, 0.25) is 5.02 Å². The minimum absolute atomic E-state index is 0.138. The van der Waals surface area contributed by atoms with Crippen molar-refractivity contribution < 1.29 is 4.79 Å². The quantitative estimate of drug-likeness (QED) is 0.260. The summed E-state index contributed by atoms with van der Waals surface area (Å²) in [4.78, 5) is 16.2. The highest BCUT2D eigenvalue weighted by molar-refractivity contribution is 7.99. The van der Waals surface area contributed by atoms with Crippen molar-refractivity contribution in [1.82, 2.24) is 25.2 Å². The first-order valence-electron chi connectivity index (χ1n) is 9.32. The van der Waals surface area contributed by atoms with Crippen molar-refractivity contribution in [3.05, 3.63) is 89.7 Å². The Balaban J connectivity index is 1.51. The van der Waals surface area contributed by atoms with Gasteiger partial charge < -0.3 is 0 Å². The van der Waals surface area contributed by atoms with Crippen molar-refractivity contribution in [1.29, 1.82) is 0 Å². The molecule has 154 valence electrons. The number of carbonyl (C=O) groups excluding carboxylic acids is 1. The van der Waals surface area contributed by atoms with E-state index in [1.807, 2.05) is 59.2 Å². The predicted molar refractivity (Wildman–Crippen MR) is 123 cm³/mol. The first-order valence-corrected chi connectivity index (χ1v) is 10.7. The molecule has 0 aliphatic rings. The van der Waals surface area contributed by atoms with E-state index in [0.29, 0.717) is 16.0 Å². The molecule has 0 saturated heterocycles. The number of para-hydroxylation sites is 1. The van der Waals surface area contributed by atoms with Gasteiger partial charge in [-0.1, -0.05) is 41.6 Å². The van der Waals surface area contributed by atoms with Gasteiger partial charge in [0.05, 0.1) is 12.0 Å². The molecule has 7 nitrogen and oxygen atoms in total. The molecule has 0 fully saturated rings. The molecule has 2 aromatic carbocycles. The van der Waals surface area contributed by atoms with Crippen LogP contribution in [0.5, 0.6) is 0 Å². The van der Waals surface area contributed by atoms with E-state index in [-0.39, 0.29) is 11.7 Å². The summed E-state index contributed by atoms with van der Waals surface area (Å²) in [5, 5.41) is 13.9. The summed E-state index contributed by atoms with van der Waals surface area (Å²) in [6.07, 6.45) is 4.89. The highest BCUT2D eigenvalue weighted by atomic mass is 35.5. The van der Waals surface area contributed by atoms with Crippen LogP contribution in [-0.4, -0.2) is 37.6 Å². The molecular formula is C22H17ClN6OS. The molecule has 0 unspecified atom stereocenters. The number of nitrogens with zero attached hydrogens (tertiary/aromatic N) is 5. The fourth-order valence-corrected chi connectivity index (χ4v) is 3.62. The van der Waals surface area contributed by atoms with Gasteiger partial charge in [-0.25, -0.2) is 5.43 Å². The molecule has 0 saturated carbocycles. The Kier molecular flexibility index (Phi) is 6.71. The van der Waals surface area contributed by atoms with E-state index in [4.69, 9.17) is 11.6 Å². The largest absolute Gasteiger partial charge is 0.272 e. The minimum atomic E-state index is -0.244. The van der Waals surface area contributed by atoms with Crippen molar-refractivity contribution in [3.8, 4) is 17.1 Å². The van der Waals surface area contributed by atoms with Crippen LogP contribution in [0.4, 0.5) is 0 Å². The Bertz CT molecular complexity index is 1180. The molecule has 0 aliphatic carbocycles. The van der Waals surface area contributed by atoms with Gasteiger partial charge in [0.25, 0.3) is 5.91 Å². The summed E-state index contributed by atoms with van der Waals surface area (Å²) in [7, 11) is 0. The van der Waals surface area contributed by atoms with Gasteiger partial charge in [-0.05, 0) is 54.1 Å². The molecule has 9 heteroatoms. The molecule has 1 amide bonds. The third-order valence-corrected chi connectivity index (χ3v) is 5.37. The highest BCUT2D eigenvalue weighted by Crippen LogP contribution is 2.28. The molecule has 0 aliphatic heterocycles. The van der Waals surface area contributed by atoms with Crippen LogP contribution >= 0.6 is 23.4 Å². The lowest BCUT2D eigenvalue weighted by atomic mass is 10.2. The maximum atomic E-state index is 12.2. The fraction of sp³-hybridized carbons (Fsp3) is 0.0455. The number of hydrogen-bond acceptors (Lipinski definition) is 6. The minimum Gasteiger partial charge on any atom is -0.272 e. The van der Waals surface area contributed by atoms with Crippen LogP contribution in [0.15, 0.2) is 89.4 Å². The van der Waals surface area contributed by atoms with E-state index in [0.717, 1.165) is 16.8 Å². The lowest BCUT2D eigenvalue weighted by Crippen LogP contribution is -2.20. The lowest BCUT2D eigenvalue weighted by Gasteiger charge is -2.10. The normalized spacial score (nSPS) is 11.0. The lowest BCUT2D eigenvalue weighted by molar-refractivity contribution is -0.118. The van der Waals surface area contributed by atoms with Crippen molar-refractivity contribution in [2.45, 2.75) is 5.16 Å². The Morgan fingerprint density at radius 1 is 1.03 bits per heavy atom. The molecule has 1 N–H and O–H groups in total. The number of halogens is 1. The number of thioether (sulfide) groups is 1. The fourth-order valence-electron chi connectivity index (χ4n) is 2.75. The number of hydrazone groups is 1. The summed E-state index contributed by atoms with van der Waals surface area (Å²) >= 11 is 7.30. The van der Waals surface area contributed by atoms with Crippen molar-refractivity contribution in [2.75, 3.05) is 5.75 Å². The maximum absolute atomic E-state index is 12.2. The summed E-state index contributed by atoms with van der Waals surface area (Å²) in [6, 6.07) is 20.7. The second-order valence-electron chi connectivity index (χ2n) is 6.35. The first-order chi connectivity index (χ1) is 15.2. The Morgan fingerprint density at radius 3 is 2.52 bits per heavy atom. The van der Waals surface area contributed by atoms with Crippen molar-refractivity contribution >= 4 is 35.5 Å². The van der Waals surface area contributed by atoms with Crippen LogP contribution in [0.1, 0.15) is 5.56 Å². The molecule has 4 aromatic rings. The summed E-state index contributed by atoms with van der Waals surface area (Å²) in [5.74, 6) is 0.562. The molecule has 31 heavy (non-hydrogen) atoms. The molecule has 0 radical (unpaired) electrons. The van der Waals surface area contributed by atoms with E-state index in [2.05, 4.69) is 25.7 Å². The Morgan fingerprint density at radius 2 is 1.77 bits per heavy atom. The second-order valence-corrected chi connectivity index (χ2v) is 7.73. The average Bonchev–Trinajstić information content (AvgIpc) is 3.23. The van der Waals surface area contributed by atoms with Gasteiger partial charge >= 0.3 is 0 Å². The first kappa shape index (κ1) is 20.8. The van der Waals surface area contributed by atoms with Gasteiger partial charge in [0.2, 0.25) is 0 Å². The summed E-state index contributed by atoms with van der Waals surface area (Å²) < 4.78 is 1.92. The van der Waals surface area contributed by atoms with Crippen molar-refractivity contribution in [3.63, 3.8) is 0 Å². The maximum Gasteiger partial charge on any atom is 0.250 e. The van der Waals surface area contributed by atoms with Gasteiger partial charge in [0.15, 0.2) is 11.0 Å². The number of hydrogen-bond donors (Lipinski definition) is 1. The smallest absolute Gasteiger partial charge is 0.250 e. The molecule has 0 atom stereocenters. The molecule has 0 bridgehead atoms. The van der Waals surface area contributed by atoms with Gasteiger partial charge in [0, 0.05) is 28.7 Å². The zero-order valence-corrected chi connectivity index (χ0v) is 17.8. The Hall–Kier alpha value is -3.49.